The van der Waals surface area contributed by atoms with Crippen LogP contribution in [0.3, 0.4) is 0 Å². The Morgan fingerprint density at radius 2 is 1.71 bits per heavy atom. The van der Waals surface area contributed by atoms with E-state index in [-0.39, 0.29) is 16.4 Å². The quantitative estimate of drug-likeness (QED) is 0.849. The lowest BCUT2D eigenvalue weighted by atomic mass is 10.1. The molecule has 0 aliphatic heterocycles. The number of rotatable bonds is 3. The van der Waals surface area contributed by atoms with Crippen LogP contribution in [-0.4, -0.2) is 14.2 Å². The van der Waals surface area contributed by atoms with Crippen LogP contribution in [0.5, 0.6) is 5.75 Å². The normalized spacial score (nSPS) is 13.1. The monoisotopic (exact) mass is 319 g/mol. The third-order valence-electron chi connectivity index (χ3n) is 3.75. The summed E-state index contributed by atoms with van der Waals surface area (Å²) in [7, 11) is -2.38. The summed E-state index contributed by atoms with van der Waals surface area (Å²) >= 11 is 0. The number of amides is 1. The van der Waals surface area contributed by atoms with Gasteiger partial charge in [-0.05, 0) is 36.3 Å². The first-order valence-electron chi connectivity index (χ1n) is 6.46. The number of primary amides is 1. The van der Waals surface area contributed by atoms with E-state index in [1.807, 2.05) is 33.9 Å². The summed E-state index contributed by atoms with van der Waals surface area (Å²) in [4.78, 5) is 11.4. The molecule has 0 saturated carbocycles. The number of carbonyl (C=O) groups is 1. The van der Waals surface area contributed by atoms with Crippen molar-refractivity contribution in [2.75, 3.05) is 0 Å². The van der Waals surface area contributed by atoms with E-state index < -0.39 is 26.0 Å². The van der Waals surface area contributed by atoms with Gasteiger partial charge in [-0.1, -0.05) is 20.8 Å². The van der Waals surface area contributed by atoms with Crippen molar-refractivity contribution in [3.63, 3.8) is 0 Å². The topological polar surface area (TPSA) is 52.3 Å². The van der Waals surface area contributed by atoms with Crippen LogP contribution < -0.4 is 10.2 Å². The Kier molecular flexibility index (Phi) is 4.48. The Hall–Kier alpha value is -1.50. The number of carbonyl (C=O) groups excluding carboxylic acids is 1. The molecule has 1 rings (SSSR count). The third kappa shape index (κ3) is 4.00. The van der Waals surface area contributed by atoms with Crippen molar-refractivity contribution in [1.82, 2.24) is 0 Å². The maximum atomic E-state index is 12.8. The average molecular weight is 319 g/mol. The molecule has 0 aliphatic carbocycles. The van der Waals surface area contributed by atoms with Crippen LogP contribution in [0.25, 0.3) is 0 Å². The van der Waals surface area contributed by atoms with Gasteiger partial charge in [0.05, 0.1) is 11.1 Å². The van der Waals surface area contributed by atoms with Crippen molar-refractivity contribution >= 4 is 14.2 Å². The van der Waals surface area contributed by atoms with E-state index in [1.165, 1.54) is 0 Å². The highest BCUT2D eigenvalue weighted by atomic mass is 28.4. The minimum atomic E-state index is -4.50. The van der Waals surface area contributed by atoms with Crippen molar-refractivity contribution in [3.05, 3.63) is 29.3 Å². The van der Waals surface area contributed by atoms with Crippen LogP contribution >= 0.6 is 0 Å². The fourth-order valence-corrected chi connectivity index (χ4v) is 2.44. The molecule has 0 fully saturated rings. The zero-order valence-electron chi connectivity index (χ0n) is 12.8. The summed E-state index contributed by atoms with van der Waals surface area (Å²) in [5.41, 5.74) is 4.32. The number of hydrogen-bond acceptors (Lipinski definition) is 2. The smallest absolute Gasteiger partial charge is 0.416 e. The molecule has 1 amide bonds. The van der Waals surface area contributed by atoms with Gasteiger partial charge in [-0.15, -0.1) is 0 Å². The lowest BCUT2D eigenvalue weighted by molar-refractivity contribution is -0.137. The number of hydrogen-bond donors (Lipinski definition) is 1. The van der Waals surface area contributed by atoms with Crippen LogP contribution in [0, 0.1) is 0 Å². The molecule has 0 aliphatic rings. The highest BCUT2D eigenvalue weighted by Crippen LogP contribution is 2.40. The molecule has 1 aromatic rings. The molecule has 118 valence electrons. The molecule has 21 heavy (non-hydrogen) atoms. The van der Waals surface area contributed by atoms with E-state index in [9.17, 15) is 18.0 Å². The number of halogens is 3. The molecular weight excluding hydrogens is 299 g/mol. The second-order valence-electron chi connectivity index (χ2n) is 6.44. The first-order valence-corrected chi connectivity index (χ1v) is 9.36. The largest absolute Gasteiger partial charge is 0.543 e. The maximum Gasteiger partial charge on any atom is 0.416 e. The molecule has 0 unspecified atom stereocenters. The fraction of sp³-hybridized carbons (Fsp3) is 0.500. The minimum Gasteiger partial charge on any atom is -0.543 e. The molecule has 0 radical (unpaired) electrons. The number of benzene rings is 1. The van der Waals surface area contributed by atoms with Gasteiger partial charge in [0.1, 0.15) is 5.75 Å². The Labute approximate surface area is 123 Å². The van der Waals surface area contributed by atoms with E-state index in [0.29, 0.717) is 0 Å². The standard InChI is InChI=1S/C14H20F3NO2Si/c1-13(2,3)21(4,5)20-11-8-9(14(15,16)17)6-7-10(11)12(18)19/h6-8H,1-5H3,(H2,18,19). The summed E-state index contributed by atoms with van der Waals surface area (Å²) in [6, 6.07) is 2.74. The molecule has 0 aromatic heterocycles. The Morgan fingerprint density at radius 1 is 1.19 bits per heavy atom. The summed E-state index contributed by atoms with van der Waals surface area (Å²) in [6.45, 7) is 9.64. The fourth-order valence-electron chi connectivity index (χ4n) is 1.41. The zero-order valence-corrected chi connectivity index (χ0v) is 13.8. The Morgan fingerprint density at radius 3 is 2.10 bits per heavy atom. The summed E-state index contributed by atoms with van der Waals surface area (Å²) in [5.74, 6) is -0.902. The van der Waals surface area contributed by atoms with Gasteiger partial charge in [-0.25, -0.2) is 0 Å². The van der Waals surface area contributed by atoms with Gasteiger partial charge in [0.15, 0.2) is 0 Å². The van der Waals surface area contributed by atoms with Crippen molar-refractivity contribution < 1.29 is 22.4 Å². The molecular formula is C14H20F3NO2Si. The molecule has 7 heteroatoms. The van der Waals surface area contributed by atoms with Crippen LogP contribution in [-0.2, 0) is 6.18 Å². The molecule has 2 N–H and O–H groups in total. The SMILES string of the molecule is CC(C)(C)[Si](C)(C)Oc1cc(C(F)(F)F)ccc1C(N)=O. The van der Waals surface area contributed by atoms with E-state index in [1.54, 1.807) is 0 Å². The highest BCUT2D eigenvalue weighted by Gasteiger charge is 2.40. The Balaban J connectivity index is 3.35. The highest BCUT2D eigenvalue weighted by molar-refractivity contribution is 6.74. The molecule has 0 spiro atoms. The Bertz CT molecular complexity index is 548. The summed E-state index contributed by atoms with van der Waals surface area (Å²) in [5, 5.41) is -0.212. The van der Waals surface area contributed by atoms with E-state index >= 15 is 0 Å². The lowest BCUT2D eigenvalue weighted by Crippen LogP contribution is -2.44. The van der Waals surface area contributed by atoms with Crippen molar-refractivity contribution in [1.29, 1.82) is 0 Å². The van der Waals surface area contributed by atoms with Crippen molar-refractivity contribution in [3.8, 4) is 5.75 Å². The zero-order chi connectivity index (χ0) is 16.6. The number of alkyl halides is 3. The van der Waals surface area contributed by atoms with Crippen LogP contribution in [0.2, 0.25) is 18.1 Å². The average Bonchev–Trinajstić information content (AvgIpc) is 2.25. The van der Waals surface area contributed by atoms with Gasteiger partial charge in [0.2, 0.25) is 0 Å². The molecule has 0 saturated heterocycles. The minimum absolute atomic E-state index is 0.0344. The summed E-state index contributed by atoms with van der Waals surface area (Å²) in [6.07, 6.45) is -4.50. The second-order valence-corrected chi connectivity index (χ2v) is 11.2. The number of nitrogens with two attached hydrogens (primary N) is 1. The predicted molar refractivity (Wildman–Crippen MR) is 77.8 cm³/mol. The van der Waals surface area contributed by atoms with Crippen molar-refractivity contribution in [2.45, 2.75) is 45.1 Å². The third-order valence-corrected chi connectivity index (χ3v) is 8.09. The predicted octanol–water partition coefficient (Wildman–Crippen LogP) is 4.19. The van der Waals surface area contributed by atoms with Gasteiger partial charge < -0.3 is 10.2 Å². The molecule has 0 bridgehead atoms. The molecule has 1 aromatic carbocycles. The maximum absolute atomic E-state index is 12.8. The van der Waals surface area contributed by atoms with Gasteiger partial charge in [0, 0.05) is 0 Å². The molecule has 0 atom stereocenters. The van der Waals surface area contributed by atoms with Gasteiger partial charge >= 0.3 is 6.18 Å². The summed E-state index contributed by atoms with van der Waals surface area (Å²) < 4.78 is 44.3. The molecule has 3 nitrogen and oxygen atoms in total. The lowest BCUT2D eigenvalue weighted by Gasteiger charge is -2.37. The first-order chi connectivity index (χ1) is 9.25. The van der Waals surface area contributed by atoms with Gasteiger partial charge in [-0.3, -0.25) is 4.79 Å². The van der Waals surface area contributed by atoms with Gasteiger partial charge in [0.25, 0.3) is 14.2 Å². The van der Waals surface area contributed by atoms with Crippen LogP contribution in [0.4, 0.5) is 13.2 Å². The first kappa shape index (κ1) is 17.5. The second kappa shape index (κ2) is 5.36. The van der Waals surface area contributed by atoms with E-state index in [4.69, 9.17) is 10.2 Å². The van der Waals surface area contributed by atoms with Gasteiger partial charge in [-0.2, -0.15) is 13.2 Å². The van der Waals surface area contributed by atoms with E-state index in [2.05, 4.69) is 0 Å². The van der Waals surface area contributed by atoms with Crippen LogP contribution in [0.1, 0.15) is 36.7 Å². The molecule has 0 heterocycles. The van der Waals surface area contributed by atoms with Crippen LogP contribution in [0.15, 0.2) is 18.2 Å². The van der Waals surface area contributed by atoms with E-state index in [0.717, 1.165) is 18.2 Å². The van der Waals surface area contributed by atoms with Crippen molar-refractivity contribution in [2.24, 2.45) is 5.73 Å².